The fraction of sp³-hybridized carbons (Fsp3) is 0.471. The molecule has 0 spiro atoms. The predicted molar refractivity (Wildman–Crippen MR) is 93.7 cm³/mol. The van der Waals surface area contributed by atoms with Gasteiger partial charge >= 0.3 is 0 Å². The van der Waals surface area contributed by atoms with Gasteiger partial charge < -0.3 is 14.5 Å². The molecule has 2 atom stereocenters. The van der Waals surface area contributed by atoms with Crippen molar-refractivity contribution >= 4 is 28.3 Å². The lowest BCUT2D eigenvalue weighted by Crippen LogP contribution is -2.39. The summed E-state index contributed by atoms with van der Waals surface area (Å²) in [5.41, 5.74) is 1.11. The zero-order chi connectivity index (χ0) is 17.8. The first-order valence-electron chi connectivity index (χ1n) is 8.20. The van der Waals surface area contributed by atoms with Crippen LogP contribution in [0.3, 0.4) is 0 Å². The van der Waals surface area contributed by atoms with Crippen molar-refractivity contribution in [3.63, 3.8) is 0 Å². The van der Waals surface area contributed by atoms with Crippen molar-refractivity contribution in [1.82, 2.24) is 10.3 Å². The number of nitrogens with one attached hydrogen (secondary N) is 2. The molecule has 134 valence electrons. The maximum Gasteiger partial charge on any atom is 0.260 e. The first-order chi connectivity index (χ1) is 12.0. The molecule has 2 N–H and O–H groups in total. The molecule has 1 fully saturated rings. The van der Waals surface area contributed by atoms with Gasteiger partial charge in [-0.25, -0.2) is 4.98 Å². The molecule has 2 aromatic heterocycles. The average Bonchev–Trinajstić information content (AvgIpc) is 3.28. The van der Waals surface area contributed by atoms with Crippen LogP contribution in [0, 0.1) is 12.8 Å². The van der Waals surface area contributed by atoms with E-state index in [-0.39, 0.29) is 24.3 Å². The van der Waals surface area contributed by atoms with Crippen LogP contribution in [0.1, 0.15) is 35.2 Å². The third-order valence-electron chi connectivity index (χ3n) is 4.28. The molecular formula is C17H21N3O4S. The second-order valence-corrected chi connectivity index (χ2v) is 7.00. The number of aryl methyl sites for hydroxylation is 1. The Morgan fingerprint density at radius 1 is 1.48 bits per heavy atom. The smallest absolute Gasteiger partial charge is 0.260 e. The molecular weight excluding hydrogens is 342 g/mol. The third kappa shape index (κ3) is 4.46. The molecule has 2 aromatic rings. The molecule has 0 aromatic carbocycles. The maximum absolute atomic E-state index is 12.2. The monoisotopic (exact) mass is 363 g/mol. The van der Waals surface area contributed by atoms with Crippen LogP contribution in [0.2, 0.25) is 0 Å². The molecule has 1 aliphatic heterocycles. The second kappa shape index (κ2) is 7.79. The number of carbonyl (C=O) groups excluding carboxylic acids is 2. The topological polar surface area (TPSA) is 93.5 Å². The molecule has 0 radical (unpaired) electrons. The number of aromatic nitrogens is 1. The van der Waals surface area contributed by atoms with E-state index in [0.29, 0.717) is 34.7 Å². The van der Waals surface area contributed by atoms with Gasteiger partial charge in [-0.2, -0.15) is 0 Å². The number of anilines is 1. The van der Waals surface area contributed by atoms with Crippen molar-refractivity contribution in [3.05, 3.63) is 34.7 Å². The standard InChI is InChI=1S/C17H21N3O4S/c1-10(12-3-5-23-8-12)18-15(21)7-13-9-25-17(19-13)20-16(22)14-4-6-24-11(14)2/h4,6,9-10,12H,3,5,7-8H2,1-2H3,(H,18,21)(H,19,20,22)/t10-,12+/m1/s1. The summed E-state index contributed by atoms with van der Waals surface area (Å²) in [5, 5.41) is 7.96. The summed E-state index contributed by atoms with van der Waals surface area (Å²) in [6, 6.07) is 1.69. The van der Waals surface area contributed by atoms with Gasteiger partial charge in [-0.1, -0.05) is 0 Å². The van der Waals surface area contributed by atoms with Crippen LogP contribution in [0.5, 0.6) is 0 Å². The number of thiazole rings is 1. The van der Waals surface area contributed by atoms with Crippen LogP contribution in [-0.2, 0) is 16.0 Å². The lowest BCUT2D eigenvalue weighted by molar-refractivity contribution is -0.121. The Bertz CT molecular complexity index is 749. The van der Waals surface area contributed by atoms with Gasteiger partial charge in [0, 0.05) is 23.9 Å². The summed E-state index contributed by atoms with van der Waals surface area (Å²) >= 11 is 1.29. The Morgan fingerprint density at radius 3 is 3.00 bits per heavy atom. The lowest BCUT2D eigenvalue weighted by Gasteiger charge is -2.18. The average molecular weight is 363 g/mol. The quantitative estimate of drug-likeness (QED) is 0.822. The van der Waals surface area contributed by atoms with E-state index in [4.69, 9.17) is 9.15 Å². The van der Waals surface area contributed by atoms with E-state index in [1.165, 1.54) is 17.6 Å². The SMILES string of the molecule is Cc1occc1C(=O)Nc1nc(CC(=O)N[C@H](C)[C@H]2CCOC2)cs1. The first-order valence-corrected chi connectivity index (χ1v) is 9.08. The summed E-state index contributed by atoms with van der Waals surface area (Å²) in [7, 11) is 0. The summed E-state index contributed by atoms with van der Waals surface area (Å²) in [5.74, 6) is 0.575. The highest BCUT2D eigenvalue weighted by Gasteiger charge is 2.23. The summed E-state index contributed by atoms with van der Waals surface area (Å²) in [6.07, 6.45) is 2.63. The second-order valence-electron chi connectivity index (χ2n) is 6.15. The van der Waals surface area contributed by atoms with Crippen LogP contribution >= 0.6 is 11.3 Å². The van der Waals surface area contributed by atoms with Gasteiger partial charge in [0.1, 0.15) is 5.76 Å². The van der Waals surface area contributed by atoms with Crippen LogP contribution in [0.4, 0.5) is 5.13 Å². The molecule has 1 aliphatic rings. The minimum Gasteiger partial charge on any atom is -0.469 e. The van der Waals surface area contributed by atoms with Gasteiger partial charge in [-0.15, -0.1) is 11.3 Å². The van der Waals surface area contributed by atoms with Crippen molar-refractivity contribution < 1.29 is 18.7 Å². The van der Waals surface area contributed by atoms with Crippen LogP contribution in [0.25, 0.3) is 0 Å². The fourth-order valence-electron chi connectivity index (χ4n) is 2.76. The molecule has 0 bridgehead atoms. The van der Waals surface area contributed by atoms with E-state index in [1.54, 1.807) is 18.4 Å². The highest BCUT2D eigenvalue weighted by atomic mass is 32.1. The molecule has 0 aliphatic carbocycles. The van der Waals surface area contributed by atoms with Crippen molar-refractivity contribution in [1.29, 1.82) is 0 Å². The Hall–Kier alpha value is -2.19. The number of amides is 2. The zero-order valence-electron chi connectivity index (χ0n) is 14.2. The zero-order valence-corrected chi connectivity index (χ0v) is 15.0. The van der Waals surface area contributed by atoms with Crippen molar-refractivity contribution in [3.8, 4) is 0 Å². The van der Waals surface area contributed by atoms with E-state index in [9.17, 15) is 9.59 Å². The van der Waals surface area contributed by atoms with Gasteiger partial charge in [0.2, 0.25) is 5.91 Å². The minimum absolute atomic E-state index is 0.0757. The minimum atomic E-state index is -0.272. The Kier molecular flexibility index (Phi) is 5.50. The lowest BCUT2D eigenvalue weighted by atomic mass is 10.0. The van der Waals surface area contributed by atoms with Crippen LogP contribution in [-0.4, -0.2) is 36.1 Å². The number of carbonyl (C=O) groups is 2. The van der Waals surface area contributed by atoms with Gasteiger partial charge in [-0.05, 0) is 26.3 Å². The van der Waals surface area contributed by atoms with Gasteiger partial charge in [0.15, 0.2) is 5.13 Å². The fourth-order valence-corrected chi connectivity index (χ4v) is 3.47. The van der Waals surface area contributed by atoms with Crippen molar-refractivity contribution in [2.75, 3.05) is 18.5 Å². The van der Waals surface area contributed by atoms with E-state index >= 15 is 0 Å². The van der Waals surface area contributed by atoms with E-state index in [0.717, 1.165) is 13.0 Å². The number of ether oxygens (including phenoxy) is 1. The molecule has 25 heavy (non-hydrogen) atoms. The number of hydrogen-bond acceptors (Lipinski definition) is 6. The summed E-state index contributed by atoms with van der Waals surface area (Å²) < 4.78 is 10.5. The molecule has 3 rings (SSSR count). The molecule has 8 heteroatoms. The first kappa shape index (κ1) is 17.6. The highest BCUT2D eigenvalue weighted by Crippen LogP contribution is 2.19. The van der Waals surface area contributed by atoms with Gasteiger partial charge in [-0.3, -0.25) is 14.9 Å². The highest BCUT2D eigenvalue weighted by molar-refractivity contribution is 7.14. The molecule has 1 saturated heterocycles. The molecule has 0 saturated carbocycles. The number of furan rings is 1. The molecule has 7 nitrogen and oxygen atoms in total. The number of nitrogens with zero attached hydrogens (tertiary/aromatic N) is 1. The van der Waals surface area contributed by atoms with Crippen LogP contribution < -0.4 is 10.6 Å². The number of rotatable bonds is 6. The predicted octanol–water partition coefficient (Wildman–Crippen LogP) is 2.38. The molecule has 0 unspecified atom stereocenters. The summed E-state index contributed by atoms with van der Waals surface area (Å²) in [4.78, 5) is 28.6. The van der Waals surface area contributed by atoms with Crippen molar-refractivity contribution in [2.24, 2.45) is 5.92 Å². The Morgan fingerprint density at radius 2 is 2.32 bits per heavy atom. The Balaban J connectivity index is 1.52. The largest absolute Gasteiger partial charge is 0.469 e. The molecule has 2 amide bonds. The third-order valence-corrected chi connectivity index (χ3v) is 5.08. The number of hydrogen-bond donors (Lipinski definition) is 2. The van der Waals surface area contributed by atoms with E-state index in [2.05, 4.69) is 15.6 Å². The van der Waals surface area contributed by atoms with E-state index < -0.39 is 0 Å². The Labute approximate surface area is 149 Å². The normalized spacial score (nSPS) is 18.1. The molecule has 3 heterocycles. The van der Waals surface area contributed by atoms with Gasteiger partial charge in [0.25, 0.3) is 5.91 Å². The summed E-state index contributed by atoms with van der Waals surface area (Å²) in [6.45, 7) is 5.18. The maximum atomic E-state index is 12.2. The van der Waals surface area contributed by atoms with Crippen LogP contribution in [0.15, 0.2) is 22.1 Å². The van der Waals surface area contributed by atoms with Gasteiger partial charge in [0.05, 0.1) is 30.5 Å². The van der Waals surface area contributed by atoms with E-state index in [1.807, 2.05) is 6.92 Å². The van der Waals surface area contributed by atoms with Crippen molar-refractivity contribution in [2.45, 2.75) is 32.7 Å².